The zero-order valence-electron chi connectivity index (χ0n) is 10.2. The number of nitrogens with one attached hydrogen (secondary N) is 1. The van der Waals surface area contributed by atoms with E-state index in [1.54, 1.807) is 0 Å². The molecule has 0 fully saturated rings. The zero-order chi connectivity index (χ0) is 13.2. The van der Waals surface area contributed by atoms with E-state index in [1.807, 2.05) is 54.6 Å². The van der Waals surface area contributed by atoms with E-state index in [0.717, 1.165) is 22.5 Å². The summed E-state index contributed by atoms with van der Waals surface area (Å²) in [5.41, 5.74) is 9.09. The van der Waals surface area contributed by atoms with Crippen molar-refractivity contribution in [2.45, 2.75) is 6.17 Å². The monoisotopic (exact) mass is 251 g/mol. The molecule has 19 heavy (non-hydrogen) atoms. The first kappa shape index (κ1) is 11.6. The van der Waals surface area contributed by atoms with Gasteiger partial charge in [0.05, 0.1) is 11.4 Å². The molecule has 94 valence electrons. The van der Waals surface area contributed by atoms with Gasteiger partial charge >= 0.3 is 0 Å². The van der Waals surface area contributed by atoms with E-state index in [2.05, 4.69) is 10.3 Å². The number of benzene rings is 2. The second-order valence-electron chi connectivity index (χ2n) is 4.32. The molecule has 1 aliphatic heterocycles. The summed E-state index contributed by atoms with van der Waals surface area (Å²) >= 11 is 0. The Bertz CT molecular complexity index is 649. The molecule has 2 aromatic rings. The summed E-state index contributed by atoms with van der Waals surface area (Å²) in [6.07, 6.45) is -0.886. The van der Waals surface area contributed by atoms with Crippen LogP contribution in [0.15, 0.2) is 59.6 Å². The highest BCUT2D eigenvalue weighted by atomic mass is 16.2. The number of nitrogens with zero attached hydrogens (tertiary/aromatic N) is 1. The van der Waals surface area contributed by atoms with Gasteiger partial charge in [0, 0.05) is 11.1 Å². The first-order valence-corrected chi connectivity index (χ1v) is 6.05. The van der Waals surface area contributed by atoms with Gasteiger partial charge in [-0.1, -0.05) is 48.5 Å². The number of benzodiazepines with no additional fused rings is 1. The molecule has 1 aliphatic rings. The van der Waals surface area contributed by atoms with E-state index >= 15 is 0 Å². The molecule has 0 saturated heterocycles. The predicted octanol–water partition coefficient (Wildman–Crippen LogP) is 1.76. The molecule has 1 amide bonds. The highest BCUT2D eigenvalue weighted by Crippen LogP contribution is 2.22. The predicted molar refractivity (Wildman–Crippen MR) is 75.1 cm³/mol. The molecule has 0 radical (unpaired) electrons. The minimum Gasteiger partial charge on any atom is -0.322 e. The van der Waals surface area contributed by atoms with E-state index < -0.39 is 6.17 Å². The van der Waals surface area contributed by atoms with Crippen LogP contribution in [0.2, 0.25) is 0 Å². The number of carbonyl (C=O) groups excluding carboxylic acids is 1. The lowest BCUT2D eigenvalue weighted by Gasteiger charge is -2.09. The quantitative estimate of drug-likeness (QED) is 0.811. The van der Waals surface area contributed by atoms with Crippen molar-refractivity contribution >= 4 is 17.3 Å². The molecule has 0 saturated carbocycles. The average molecular weight is 251 g/mol. The minimum atomic E-state index is -0.886. The van der Waals surface area contributed by atoms with Crippen LogP contribution in [0.3, 0.4) is 0 Å². The van der Waals surface area contributed by atoms with Gasteiger partial charge in [-0.2, -0.15) is 0 Å². The summed E-state index contributed by atoms with van der Waals surface area (Å²) in [6.45, 7) is 0. The van der Waals surface area contributed by atoms with Crippen LogP contribution in [0.1, 0.15) is 11.1 Å². The smallest absolute Gasteiger partial charge is 0.263 e. The van der Waals surface area contributed by atoms with Gasteiger partial charge in [-0.15, -0.1) is 0 Å². The maximum atomic E-state index is 11.8. The summed E-state index contributed by atoms with van der Waals surface area (Å²) in [7, 11) is 0. The molecular formula is C15H13N3O. The molecule has 0 bridgehead atoms. The molecule has 0 aliphatic carbocycles. The van der Waals surface area contributed by atoms with Gasteiger partial charge in [0.25, 0.3) is 5.91 Å². The Morgan fingerprint density at radius 3 is 2.47 bits per heavy atom. The Labute approximate surface area is 111 Å². The lowest BCUT2D eigenvalue weighted by atomic mass is 10.0. The summed E-state index contributed by atoms with van der Waals surface area (Å²) < 4.78 is 0. The van der Waals surface area contributed by atoms with Gasteiger partial charge in [-0.3, -0.25) is 9.79 Å². The molecule has 0 unspecified atom stereocenters. The fourth-order valence-electron chi connectivity index (χ4n) is 2.10. The fourth-order valence-corrected chi connectivity index (χ4v) is 2.10. The summed E-state index contributed by atoms with van der Waals surface area (Å²) in [5, 5.41) is 2.79. The number of hydrogen-bond donors (Lipinski definition) is 2. The molecular weight excluding hydrogens is 238 g/mol. The van der Waals surface area contributed by atoms with Crippen LogP contribution in [0, 0.1) is 0 Å². The van der Waals surface area contributed by atoms with Gasteiger partial charge in [0.15, 0.2) is 6.17 Å². The number of aliphatic imine (C=N–C) groups is 1. The van der Waals surface area contributed by atoms with Crippen LogP contribution in [-0.4, -0.2) is 17.8 Å². The molecule has 0 aromatic heterocycles. The van der Waals surface area contributed by atoms with Crippen molar-refractivity contribution in [3.05, 3.63) is 65.7 Å². The van der Waals surface area contributed by atoms with Crippen molar-refractivity contribution in [3.63, 3.8) is 0 Å². The van der Waals surface area contributed by atoms with Crippen molar-refractivity contribution in [1.29, 1.82) is 0 Å². The van der Waals surface area contributed by atoms with Gasteiger partial charge in [0.2, 0.25) is 0 Å². The van der Waals surface area contributed by atoms with Crippen LogP contribution >= 0.6 is 0 Å². The number of rotatable bonds is 1. The molecule has 4 heteroatoms. The van der Waals surface area contributed by atoms with Gasteiger partial charge in [-0.25, -0.2) is 0 Å². The lowest BCUT2D eigenvalue weighted by Crippen LogP contribution is -2.33. The second kappa shape index (κ2) is 4.66. The lowest BCUT2D eigenvalue weighted by molar-refractivity contribution is -0.117. The third kappa shape index (κ3) is 2.13. The topological polar surface area (TPSA) is 67.5 Å². The Morgan fingerprint density at radius 1 is 1.00 bits per heavy atom. The molecule has 0 spiro atoms. The van der Waals surface area contributed by atoms with Crippen molar-refractivity contribution in [1.82, 2.24) is 0 Å². The molecule has 4 nitrogen and oxygen atoms in total. The number of amides is 1. The van der Waals surface area contributed by atoms with Crippen LogP contribution in [-0.2, 0) is 4.79 Å². The van der Waals surface area contributed by atoms with E-state index in [0.29, 0.717) is 0 Å². The molecule has 1 atom stereocenters. The second-order valence-corrected chi connectivity index (χ2v) is 4.32. The number of hydrogen-bond acceptors (Lipinski definition) is 3. The van der Waals surface area contributed by atoms with Crippen molar-refractivity contribution in [2.24, 2.45) is 10.7 Å². The Morgan fingerprint density at radius 2 is 1.68 bits per heavy atom. The third-order valence-corrected chi connectivity index (χ3v) is 3.02. The fraction of sp³-hybridized carbons (Fsp3) is 0.0667. The first-order valence-electron chi connectivity index (χ1n) is 6.05. The van der Waals surface area contributed by atoms with Gasteiger partial charge in [0.1, 0.15) is 0 Å². The number of fused-ring (bicyclic) bond motifs is 1. The van der Waals surface area contributed by atoms with Crippen LogP contribution < -0.4 is 11.1 Å². The Kier molecular flexibility index (Phi) is 2.85. The Hall–Kier alpha value is -2.46. The van der Waals surface area contributed by atoms with E-state index in [1.165, 1.54) is 0 Å². The largest absolute Gasteiger partial charge is 0.322 e. The normalized spacial score (nSPS) is 18.1. The average Bonchev–Trinajstić information content (AvgIpc) is 2.58. The number of para-hydroxylation sites is 1. The summed E-state index contributed by atoms with van der Waals surface area (Å²) in [5.74, 6) is -0.293. The number of carbonyl (C=O) groups is 1. The minimum absolute atomic E-state index is 0.293. The maximum absolute atomic E-state index is 11.8. The first-order chi connectivity index (χ1) is 9.25. The van der Waals surface area contributed by atoms with Crippen LogP contribution in [0.4, 0.5) is 5.69 Å². The maximum Gasteiger partial charge on any atom is 0.263 e. The van der Waals surface area contributed by atoms with Crippen molar-refractivity contribution < 1.29 is 4.79 Å². The molecule has 3 rings (SSSR count). The van der Waals surface area contributed by atoms with E-state index in [4.69, 9.17) is 5.73 Å². The molecule has 3 N–H and O–H groups in total. The van der Waals surface area contributed by atoms with Crippen LogP contribution in [0.25, 0.3) is 0 Å². The van der Waals surface area contributed by atoms with Crippen LogP contribution in [0.5, 0.6) is 0 Å². The highest BCUT2D eigenvalue weighted by molar-refractivity contribution is 6.19. The van der Waals surface area contributed by atoms with E-state index in [-0.39, 0.29) is 5.91 Å². The highest BCUT2D eigenvalue weighted by Gasteiger charge is 2.22. The summed E-state index contributed by atoms with van der Waals surface area (Å²) in [4.78, 5) is 16.2. The molecule has 1 heterocycles. The van der Waals surface area contributed by atoms with Crippen molar-refractivity contribution in [2.75, 3.05) is 5.32 Å². The van der Waals surface area contributed by atoms with Gasteiger partial charge < -0.3 is 11.1 Å². The summed E-state index contributed by atoms with van der Waals surface area (Å²) in [6, 6.07) is 17.3. The molecule has 2 aromatic carbocycles. The SMILES string of the molecule is N[C@H]1N=C(c2ccccc2)c2ccccc2NC1=O. The zero-order valence-corrected chi connectivity index (χ0v) is 10.2. The Balaban J connectivity index is 2.21. The number of nitrogens with two attached hydrogens (primary N) is 1. The number of anilines is 1. The van der Waals surface area contributed by atoms with E-state index in [9.17, 15) is 4.79 Å². The third-order valence-electron chi connectivity index (χ3n) is 3.02. The standard InChI is InChI=1S/C15H13N3O/c16-14-15(19)17-12-9-5-4-8-11(12)13(18-14)10-6-2-1-3-7-10/h1-9,14H,16H2,(H,17,19)/t14-/m0/s1. The van der Waals surface area contributed by atoms with Gasteiger partial charge in [-0.05, 0) is 6.07 Å². The van der Waals surface area contributed by atoms with Crippen molar-refractivity contribution in [3.8, 4) is 0 Å².